The van der Waals surface area contributed by atoms with Gasteiger partial charge in [-0.05, 0) is 42.5 Å². The van der Waals surface area contributed by atoms with Gasteiger partial charge < -0.3 is 25.6 Å². The molecule has 0 spiro atoms. The molecule has 0 bridgehead atoms. The van der Waals surface area contributed by atoms with Crippen molar-refractivity contribution in [1.82, 2.24) is 4.98 Å². The summed E-state index contributed by atoms with van der Waals surface area (Å²) >= 11 is 1.44. The molecule has 30 heavy (non-hydrogen) atoms. The van der Waals surface area contributed by atoms with Crippen molar-refractivity contribution in [2.24, 2.45) is 0 Å². The summed E-state index contributed by atoms with van der Waals surface area (Å²) in [6.07, 6.45) is -1.30. The second kappa shape index (κ2) is 8.49. The standard InChI is InChI=1S/C21H21N3O5S/c1-11(26)22-13-3-5-14(6-4-13)23-20(28)12-2-7-19-15(8-12)24-21(30-19)17-9-16(27)18(10-25)29-17/h2-8,16-18,25,27H,9-10H2,1H3,(H,22,26)(H,23,28)/t16-,17+,18+/m0/s1. The lowest BCUT2D eigenvalue weighted by atomic mass is 10.1. The third-order valence-electron chi connectivity index (χ3n) is 4.81. The molecule has 3 atom stereocenters. The number of amides is 2. The van der Waals surface area contributed by atoms with Gasteiger partial charge in [0.15, 0.2) is 0 Å². The van der Waals surface area contributed by atoms with E-state index in [0.717, 1.165) is 4.70 Å². The molecule has 156 valence electrons. The van der Waals surface area contributed by atoms with Gasteiger partial charge in [0.25, 0.3) is 5.91 Å². The molecule has 1 aliphatic heterocycles. The normalized spacial score (nSPS) is 21.0. The Bertz CT molecular complexity index is 1080. The molecule has 4 rings (SSSR count). The van der Waals surface area contributed by atoms with Gasteiger partial charge in [-0.15, -0.1) is 11.3 Å². The zero-order valence-electron chi connectivity index (χ0n) is 16.2. The average molecular weight is 427 g/mol. The highest BCUT2D eigenvalue weighted by Crippen LogP contribution is 2.37. The number of carbonyl (C=O) groups is 2. The van der Waals surface area contributed by atoms with Crippen LogP contribution in [0, 0.1) is 0 Å². The first-order valence-electron chi connectivity index (χ1n) is 9.47. The lowest BCUT2D eigenvalue weighted by Crippen LogP contribution is -2.24. The fourth-order valence-electron chi connectivity index (χ4n) is 3.32. The minimum atomic E-state index is -0.717. The molecule has 1 aromatic heterocycles. The predicted molar refractivity (Wildman–Crippen MR) is 114 cm³/mol. The van der Waals surface area contributed by atoms with E-state index < -0.39 is 12.2 Å². The van der Waals surface area contributed by atoms with Gasteiger partial charge in [-0.25, -0.2) is 4.98 Å². The van der Waals surface area contributed by atoms with Gasteiger partial charge in [0.2, 0.25) is 5.91 Å². The summed E-state index contributed by atoms with van der Waals surface area (Å²) < 4.78 is 6.58. The molecule has 0 radical (unpaired) electrons. The van der Waals surface area contributed by atoms with E-state index in [4.69, 9.17) is 4.74 Å². The minimum Gasteiger partial charge on any atom is -0.394 e. The van der Waals surface area contributed by atoms with Gasteiger partial charge in [0, 0.05) is 30.3 Å². The Hall–Kier alpha value is -2.85. The van der Waals surface area contributed by atoms with E-state index in [0.29, 0.717) is 33.9 Å². The zero-order valence-corrected chi connectivity index (χ0v) is 17.0. The van der Waals surface area contributed by atoms with E-state index in [1.54, 1.807) is 36.4 Å². The molecule has 0 unspecified atom stereocenters. The number of thiazole rings is 1. The van der Waals surface area contributed by atoms with Crippen LogP contribution in [0.3, 0.4) is 0 Å². The first-order chi connectivity index (χ1) is 14.4. The van der Waals surface area contributed by atoms with Crippen LogP contribution in [0.1, 0.15) is 34.8 Å². The highest BCUT2D eigenvalue weighted by molar-refractivity contribution is 7.18. The smallest absolute Gasteiger partial charge is 0.255 e. The topological polar surface area (TPSA) is 121 Å². The monoisotopic (exact) mass is 427 g/mol. The van der Waals surface area contributed by atoms with Crippen LogP contribution >= 0.6 is 11.3 Å². The summed E-state index contributed by atoms with van der Waals surface area (Å²) in [6.45, 7) is 1.19. The van der Waals surface area contributed by atoms with E-state index in [1.165, 1.54) is 18.3 Å². The van der Waals surface area contributed by atoms with Crippen molar-refractivity contribution >= 4 is 44.7 Å². The lowest BCUT2D eigenvalue weighted by molar-refractivity contribution is -0.114. The van der Waals surface area contributed by atoms with Gasteiger partial charge in [0.05, 0.1) is 22.9 Å². The number of hydrogen-bond acceptors (Lipinski definition) is 7. The molecule has 2 heterocycles. The van der Waals surface area contributed by atoms with Crippen molar-refractivity contribution in [2.75, 3.05) is 17.2 Å². The summed E-state index contributed by atoms with van der Waals surface area (Å²) in [5.41, 5.74) is 2.40. The van der Waals surface area contributed by atoms with E-state index in [9.17, 15) is 19.8 Å². The van der Waals surface area contributed by atoms with E-state index in [2.05, 4.69) is 15.6 Å². The van der Waals surface area contributed by atoms with Crippen LogP contribution in [0.2, 0.25) is 0 Å². The average Bonchev–Trinajstić information content (AvgIpc) is 3.31. The van der Waals surface area contributed by atoms with Gasteiger partial charge in [-0.2, -0.15) is 0 Å². The van der Waals surface area contributed by atoms with E-state index >= 15 is 0 Å². The first kappa shape index (κ1) is 20.4. The Balaban J connectivity index is 1.48. The Morgan fingerprint density at radius 1 is 1.17 bits per heavy atom. The van der Waals surface area contributed by atoms with Crippen LogP contribution in [0.25, 0.3) is 10.2 Å². The number of aromatic nitrogens is 1. The van der Waals surface area contributed by atoms with E-state index in [-0.39, 0.29) is 24.5 Å². The summed E-state index contributed by atoms with van der Waals surface area (Å²) in [7, 11) is 0. The predicted octanol–water partition coefficient (Wildman–Crippen LogP) is 2.69. The Labute approximate surface area is 176 Å². The summed E-state index contributed by atoms with van der Waals surface area (Å²) in [6, 6.07) is 12.1. The fourth-order valence-corrected chi connectivity index (χ4v) is 4.32. The maximum Gasteiger partial charge on any atom is 0.255 e. The maximum atomic E-state index is 12.6. The molecular formula is C21H21N3O5S. The van der Waals surface area contributed by atoms with Crippen LogP contribution in [-0.2, 0) is 9.53 Å². The molecule has 1 fully saturated rings. The second-order valence-corrected chi connectivity index (χ2v) is 8.16. The first-order valence-corrected chi connectivity index (χ1v) is 10.3. The Kier molecular flexibility index (Phi) is 5.78. The van der Waals surface area contributed by atoms with Crippen LogP contribution in [0.15, 0.2) is 42.5 Å². The van der Waals surface area contributed by atoms with E-state index in [1.807, 2.05) is 6.07 Å². The number of aliphatic hydroxyl groups is 2. The highest BCUT2D eigenvalue weighted by Gasteiger charge is 2.35. The zero-order chi connectivity index (χ0) is 21.3. The molecule has 2 aromatic carbocycles. The Morgan fingerprint density at radius 2 is 1.87 bits per heavy atom. The van der Waals surface area contributed by atoms with Crippen molar-refractivity contribution in [1.29, 1.82) is 0 Å². The van der Waals surface area contributed by atoms with Crippen molar-refractivity contribution in [2.45, 2.75) is 31.7 Å². The molecule has 4 N–H and O–H groups in total. The number of ether oxygens (including phenoxy) is 1. The van der Waals surface area contributed by atoms with Crippen LogP contribution in [0.5, 0.6) is 0 Å². The van der Waals surface area contributed by atoms with Crippen molar-refractivity contribution in [3.63, 3.8) is 0 Å². The molecule has 8 nitrogen and oxygen atoms in total. The highest BCUT2D eigenvalue weighted by atomic mass is 32.1. The molecule has 1 saturated heterocycles. The Morgan fingerprint density at radius 3 is 2.50 bits per heavy atom. The third-order valence-corrected chi connectivity index (χ3v) is 5.94. The maximum absolute atomic E-state index is 12.6. The molecular weight excluding hydrogens is 406 g/mol. The van der Waals surface area contributed by atoms with Crippen molar-refractivity contribution < 1.29 is 24.5 Å². The van der Waals surface area contributed by atoms with Crippen molar-refractivity contribution in [3.8, 4) is 0 Å². The number of benzene rings is 2. The molecule has 2 amide bonds. The summed E-state index contributed by atoms with van der Waals surface area (Å²) in [5.74, 6) is -0.432. The molecule has 3 aromatic rings. The number of aliphatic hydroxyl groups excluding tert-OH is 2. The number of anilines is 2. The van der Waals surface area contributed by atoms with Crippen LogP contribution < -0.4 is 10.6 Å². The lowest BCUT2D eigenvalue weighted by Gasteiger charge is -2.09. The van der Waals surface area contributed by atoms with Gasteiger partial charge in [0.1, 0.15) is 17.2 Å². The second-order valence-electron chi connectivity index (χ2n) is 7.10. The van der Waals surface area contributed by atoms with Crippen LogP contribution in [-0.4, -0.2) is 45.8 Å². The largest absolute Gasteiger partial charge is 0.394 e. The minimum absolute atomic E-state index is 0.160. The molecule has 0 saturated carbocycles. The number of nitrogens with one attached hydrogen (secondary N) is 2. The number of fused-ring (bicyclic) bond motifs is 1. The summed E-state index contributed by atoms with van der Waals surface area (Å²) in [4.78, 5) is 28.3. The number of carbonyl (C=O) groups excluding carboxylic acids is 2. The summed E-state index contributed by atoms with van der Waals surface area (Å²) in [5, 5.41) is 25.4. The fraction of sp³-hybridized carbons (Fsp3) is 0.286. The SMILES string of the molecule is CC(=O)Nc1ccc(NC(=O)c2ccc3sc([C@H]4C[C@H](O)[C@@H](CO)O4)nc3c2)cc1. The molecule has 0 aliphatic carbocycles. The molecule has 1 aliphatic rings. The van der Waals surface area contributed by atoms with Crippen LogP contribution in [0.4, 0.5) is 11.4 Å². The van der Waals surface area contributed by atoms with Gasteiger partial charge in [-0.3, -0.25) is 9.59 Å². The quantitative estimate of drug-likeness (QED) is 0.497. The van der Waals surface area contributed by atoms with Crippen molar-refractivity contribution in [3.05, 3.63) is 53.0 Å². The number of rotatable bonds is 5. The van der Waals surface area contributed by atoms with Gasteiger partial charge in [-0.1, -0.05) is 0 Å². The number of nitrogens with zero attached hydrogens (tertiary/aromatic N) is 1. The third kappa shape index (κ3) is 4.34. The molecule has 9 heteroatoms. The number of hydrogen-bond donors (Lipinski definition) is 4. The van der Waals surface area contributed by atoms with Gasteiger partial charge >= 0.3 is 0 Å².